The molecule has 4 aromatic carbocycles. The zero-order valence-electron chi connectivity index (χ0n) is 22.5. The molecule has 39 heavy (non-hydrogen) atoms. The van der Waals surface area contributed by atoms with Crippen LogP contribution in [0.5, 0.6) is 0 Å². The van der Waals surface area contributed by atoms with E-state index < -0.39 is 0 Å². The molecule has 5 aromatic rings. The van der Waals surface area contributed by atoms with Crippen molar-refractivity contribution in [1.29, 1.82) is 0 Å². The summed E-state index contributed by atoms with van der Waals surface area (Å²) >= 11 is 0. The minimum absolute atomic E-state index is 0.0178. The van der Waals surface area contributed by atoms with Crippen LogP contribution in [0, 0.1) is 0 Å². The Morgan fingerprint density at radius 2 is 1.18 bits per heavy atom. The molecule has 1 atom stereocenters. The largest absolute Gasteiger partial charge is 0.350 e. The fourth-order valence-electron chi connectivity index (χ4n) is 6.16. The van der Waals surface area contributed by atoms with E-state index in [1.807, 2.05) is 6.07 Å². The highest BCUT2D eigenvalue weighted by molar-refractivity contribution is 5.86. The van der Waals surface area contributed by atoms with Crippen LogP contribution >= 0.6 is 0 Å². The van der Waals surface area contributed by atoms with Gasteiger partial charge in [0.25, 0.3) is 0 Å². The fraction of sp³-hybridized carbons (Fsp3) is 0.229. The van der Waals surface area contributed by atoms with Crippen molar-refractivity contribution < 1.29 is 4.79 Å². The van der Waals surface area contributed by atoms with E-state index in [4.69, 9.17) is 0 Å². The van der Waals surface area contributed by atoms with Gasteiger partial charge in [-0.3, -0.25) is 9.69 Å². The smallest absolute Gasteiger partial charge is 0.223 e. The van der Waals surface area contributed by atoms with Gasteiger partial charge in [0, 0.05) is 62.7 Å². The number of carbonyl (C=O) groups is 1. The molecule has 0 saturated carbocycles. The molecule has 1 aliphatic heterocycles. The second-order valence-electron chi connectivity index (χ2n) is 10.5. The average Bonchev–Trinajstić information content (AvgIpc) is 3.34. The highest BCUT2D eigenvalue weighted by atomic mass is 16.2. The summed E-state index contributed by atoms with van der Waals surface area (Å²) in [6.45, 7) is 3.19. The number of hydrogen-bond donors (Lipinski definition) is 0. The Morgan fingerprint density at radius 3 is 1.77 bits per heavy atom. The monoisotopic (exact) mass is 513 g/mol. The van der Waals surface area contributed by atoms with Crippen molar-refractivity contribution in [3.8, 4) is 0 Å². The lowest BCUT2D eigenvalue weighted by molar-refractivity contribution is -0.133. The molecule has 4 heteroatoms. The minimum Gasteiger partial charge on any atom is -0.350 e. The van der Waals surface area contributed by atoms with Crippen LogP contribution in [0.25, 0.3) is 10.9 Å². The van der Waals surface area contributed by atoms with E-state index in [9.17, 15) is 4.79 Å². The molecule has 4 nitrogen and oxygen atoms in total. The maximum absolute atomic E-state index is 13.8. The number of piperazine rings is 1. The van der Waals surface area contributed by atoms with Crippen molar-refractivity contribution in [3.63, 3.8) is 0 Å². The van der Waals surface area contributed by atoms with Gasteiger partial charge in [0.05, 0.1) is 6.04 Å². The van der Waals surface area contributed by atoms with Crippen molar-refractivity contribution in [1.82, 2.24) is 14.4 Å². The summed E-state index contributed by atoms with van der Waals surface area (Å²) in [4.78, 5) is 18.4. The Morgan fingerprint density at radius 1 is 0.667 bits per heavy atom. The summed E-state index contributed by atoms with van der Waals surface area (Å²) in [6.07, 6.45) is 2.68. The number of aryl methyl sites for hydroxylation is 1. The third-order valence-corrected chi connectivity index (χ3v) is 8.15. The number of hydrogen-bond acceptors (Lipinski definition) is 2. The first kappa shape index (κ1) is 25.1. The van der Waals surface area contributed by atoms with Gasteiger partial charge >= 0.3 is 0 Å². The minimum atomic E-state index is 0.0178. The average molecular weight is 514 g/mol. The molecule has 1 fully saturated rings. The zero-order valence-corrected chi connectivity index (χ0v) is 22.5. The van der Waals surface area contributed by atoms with Crippen LogP contribution in [0.1, 0.15) is 40.6 Å². The number of fused-ring (bicyclic) bond motifs is 1. The molecule has 0 N–H and O–H groups in total. The molecule has 0 spiro atoms. The van der Waals surface area contributed by atoms with Crippen LogP contribution in [0.15, 0.2) is 121 Å². The molecule has 2 heterocycles. The summed E-state index contributed by atoms with van der Waals surface area (Å²) in [5, 5.41) is 1.22. The second kappa shape index (κ2) is 11.3. The lowest BCUT2D eigenvalue weighted by atomic mass is 9.87. The lowest BCUT2D eigenvalue weighted by Crippen LogP contribution is -2.50. The topological polar surface area (TPSA) is 28.5 Å². The van der Waals surface area contributed by atoms with Gasteiger partial charge in [-0.2, -0.15) is 0 Å². The Hall–Kier alpha value is -4.15. The number of amides is 1. The number of rotatable bonds is 7. The molecule has 196 valence electrons. The lowest BCUT2D eigenvalue weighted by Gasteiger charge is -2.40. The predicted molar refractivity (Wildman–Crippen MR) is 159 cm³/mol. The third-order valence-electron chi connectivity index (χ3n) is 8.15. The maximum Gasteiger partial charge on any atom is 0.223 e. The zero-order chi connectivity index (χ0) is 26.6. The van der Waals surface area contributed by atoms with Crippen molar-refractivity contribution in [3.05, 3.63) is 144 Å². The number of benzene rings is 4. The summed E-state index contributed by atoms with van der Waals surface area (Å²) in [7, 11) is 2.09. The molecule has 0 bridgehead atoms. The van der Waals surface area contributed by atoms with E-state index in [0.717, 1.165) is 26.2 Å². The first-order chi connectivity index (χ1) is 19.2. The molecule has 0 radical (unpaired) electrons. The highest BCUT2D eigenvalue weighted by Crippen LogP contribution is 2.35. The molecule has 1 amide bonds. The van der Waals surface area contributed by atoms with Crippen LogP contribution < -0.4 is 0 Å². The van der Waals surface area contributed by atoms with Crippen molar-refractivity contribution in [2.45, 2.75) is 18.4 Å². The fourth-order valence-corrected chi connectivity index (χ4v) is 6.16. The summed E-state index contributed by atoms with van der Waals surface area (Å²) < 4.78 is 2.18. The Labute approximate surface area is 231 Å². The molecular formula is C35H35N3O. The number of carbonyl (C=O) groups excluding carboxylic acids is 1. The summed E-state index contributed by atoms with van der Waals surface area (Å²) in [6, 6.07) is 40.6. The first-order valence-electron chi connectivity index (χ1n) is 13.9. The van der Waals surface area contributed by atoms with E-state index in [-0.39, 0.29) is 17.9 Å². The molecule has 1 aliphatic rings. The van der Waals surface area contributed by atoms with Crippen LogP contribution in [0.2, 0.25) is 0 Å². The van der Waals surface area contributed by atoms with Gasteiger partial charge in [0.1, 0.15) is 0 Å². The van der Waals surface area contributed by atoms with E-state index in [1.165, 1.54) is 33.2 Å². The molecule has 1 aromatic heterocycles. The van der Waals surface area contributed by atoms with Crippen LogP contribution in [-0.4, -0.2) is 46.5 Å². The van der Waals surface area contributed by atoms with E-state index in [2.05, 4.69) is 137 Å². The van der Waals surface area contributed by atoms with Crippen molar-refractivity contribution in [2.24, 2.45) is 7.05 Å². The van der Waals surface area contributed by atoms with Gasteiger partial charge in [-0.25, -0.2) is 0 Å². The molecule has 6 rings (SSSR count). The van der Waals surface area contributed by atoms with Crippen LogP contribution in [-0.2, 0) is 11.8 Å². The van der Waals surface area contributed by atoms with E-state index in [0.29, 0.717) is 6.42 Å². The van der Waals surface area contributed by atoms with Gasteiger partial charge in [-0.15, -0.1) is 0 Å². The molecule has 0 aliphatic carbocycles. The quantitative estimate of drug-likeness (QED) is 0.244. The number of aromatic nitrogens is 1. The van der Waals surface area contributed by atoms with Gasteiger partial charge < -0.3 is 9.47 Å². The van der Waals surface area contributed by atoms with Gasteiger partial charge in [-0.1, -0.05) is 109 Å². The van der Waals surface area contributed by atoms with Crippen LogP contribution in [0.3, 0.4) is 0 Å². The Bertz CT molecular complexity index is 1480. The van der Waals surface area contributed by atoms with E-state index >= 15 is 0 Å². The normalized spacial score (nSPS) is 15.1. The number of para-hydroxylation sites is 1. The highest BCUT2D eigenvalue weighted by Gasteiger charge is 2.30. The molecule has 1 unspecified atom stereocenters. The summed E-state index contributed by atoms with van der Waals surface area (Å²) in [5.41, 5.74) is 6.20. The molecule has 1 saturated heterocycles. The van der Waals surface area contributed by atoms with Crippen LogP contribution in [0.4, 0.5) is 0 Å². The Balaban J connectivity index is 1.22. The summed E-state index contributed by atoms with van der Waals surface area (Å²) in [5.74, 6) is 0.247. The SMILES string of the molecule is Cn1cc(C(CC(=O)N2CCN(C(c3ccccc3)c3ccccc3)CC2)c2ccccc2)c2ccccc21. The third kappa shape index (κ3) is 5.25. The van der Waals surface area contributed by atoms with Gasteiger partial charge in [-0.05, 0) is 28.3 Å². The second-order valence-corrected chi connectivity index (χ2v) is 10.5. The predicted octanol–water partition coefficient (Wildman–Crippen LogP) is 6.63. The Kier molecular flexibility index (Phi) is 7.29. The van der Waals surface area contributed by atoms with Gasteiger partial charge in [0.2, 0.25) is 5.91 Å². The van der Waals surface area contributed by atoms with Crippen molar-refractivity contribution >= 4 is 16.8 Å². The van der Waals surface area contributed by atoms with Gasteiger partial charge in [0.15, 0.2) is 0 Å². The first-order valence-corrected chi connectivity index (χ1v) is 13.9. The molecular weight excluding hydrogens is 478 g/mol. The van der Waals surface area contributed by atoms with E-state index in [1.54, 1.807) is 0 Å². The maximum atomic E-state index is 13.8. The standard InChI is InChI=1S/C35H35N3O/c1-36-26-32(30-19-11-12-20-33(30)36)31(27-13-5-2-6-14-27)25-34(39)37-21-23-38(24-22-37)35(28-15-7-3-8-16-28)29-17-9-4-10-18-29/h2-20,26,31,35H,21-25H2,1H3. The number of nitrogens with zero attached hydrogens (tertiary/aromatic N) is 3. The van der Waals surface area contributed by atoms with Crippen molar-refractivity contribution in [2.75, 3.05) is 26.2 Å².